The smallest absolute Gasteiger partial charge is 0.329 e. The number of carbonyl (C=O) groups excluding carboxylic acids is 5. The molecule has 0 aromatic heterocycles. The first-order chi connectivity index (χ1) is 36.5. The molecule has 423 valence electrons. The van der Waals surface area contributed by atoms with E-state index in [1.165, 1.54) is 26.0 Å². The minimum atomic E-state index is -2.57. The van der Waals surface area contributed by atoms with E-state index in [0.717, 1.165) is 22.4 Å². The number of esters is 2. The maximum absolute atomic E-state index is 15.2. The van der Waals surface area contributed by atoms with Gasteiger partial charge in [0.1, 0.15) is 30.1 Å². The average Bonchev–Trinajstić information content (AvgIpc) is 3.40. The third-order valence-electron chi connectivity index (χ3n) is 16.7. The van der Waals surface area contributed by atoms with Gasteiger partial charge in [0.15, 0.2) is 0 Å². The van der Waals surface area contributed by atoms with Crippen molar-refractivity contribution in [1.82, 2.24) is 4.90 Å². The van der Waals surface area contributed by atoms with Gasteiger partial charge in [-0.1, -0.05) is 126 Å². The number of nitrogens with zero attached hydrogens (tertiary/aromatic N) is 1. The summed E-state index contributed by atoms with van der Waals surface area (Å²) in [4.78, 5) is 73.9. The van der Waals surface area contributed by atoms with E-state index in [9.17, 15) is 24.3 Å². The van der Waals surface area contributed by atoms with Gasteiger partial charge in [-0.25, -0.2) is 4.79 Å². The summed E-state index contributed by atoms with van der Waals surface area (Å²) in [6.45, 7) is 21.3. The number of piperidine rings is 1. The van der Waals surface area contributed by atoms with E-state index in [1.54, 1.807) is 20.1 Å². The zero-order chi connectivity index (χ0) is 56.4. The molecule has 0 spiro atoms. The molecule has 2 aromatic carbocycles. The molecule has 1 aliphatic carbocycles. The molecule has 4 aliphatic rings. The Kier molecular flexibility index (Phi) is 21.6. The molecule has 6 rings (SSSR count). The van der Waals surface area contributed by atoms with Crippen LogP contribution in [0.5, 0.6) is 0 Å². The predicted molar refractivity (Wildman–Crippen MR) is 297 cm³/mol. The van der Waals surface area contributed by atoms with Gasteiger partial charge in [0.2, 0.25) is 5.79 Å². The fourth-order valence-electron chi connectivity index (χ4n) is 12.6. The van der Waals surface area contributed by atoms with Gasteiger partial charge >= 0.3 is 11.9 Å². The Morgan fingerprint density at radius 3 is 2.04 bits per heavy atom. The van der Waals surface area contributed by atoms with E-state index >= 15 is 4.79 Å². The second kappa shape index (κ2) is 27.0. The number of amides is 1. The second-order valence-electron chi connectivity index (χ2n) is 23.6. The molecule has 2 bridgehead atoms. The molecule has 2 aromatic rings. The molecule has 15 heteroatoms. The second-order valence-corrected chi connectivity index (χ2v) is 25.6. The molecule has 14 atom stereocenters. The first-order valence-electron chi connectivity index (χ1n) is 27.9. The number of allylic oxidation sites excluding steroid dienone is 3. The number of cyclic esters (lactones) is 1. The molecule has 14 unspecified atom stereocenters. The summed E-state index contributed by atoms with van der Waals surface area (Å²) in [6.07, 6.45) is 5.42. The van der Waals surface area contributed by atoms with Gasteiger partial charge in [-0.15, -0.1) is 6.58 Å². The molecule has 14 nitrogen and oxygen atoms in total. The number of fused-ring (bicyclic) bond motifs is 3. The third-order valence-corrected chi connectivity index (χ3v) is 19.0. The summed E-state index contributed by atoms with van der Waals surface area (Å²) in [5.41, 5.74) is 0.448. The molecule has 1 saturated carbocycles. The van der Waals surface area contributed by atoms with Crippen molar-refractivity contribution in [1.29, 1.82) is 0 Å². The van der Waals surface area contributed by atoms with Crippen LogP contribution in [-0.2, 0) is 56.8 Å². The lowest BCUT2D eigenvalue weighted by Gasteiger charge is -2.48. The number of rotatable bonds is 12. The van der Waals surface area contributed by atoms with E-state index in [4.69, 9.17) is 32.8 Å². The number of carbonyl (C=O) groups is 5. The molecule has 2 saturated heterocycles. The summed E-state index contributed by atoms with van der Waals surface area (Å²) in [7, 11) is 2.85. The number of aliphatic hydroxyl groups is 1. The van der Waals surface area contributed by atoms with Gasteiger partial charge in [-0.3, -0.25) is 19.2 Å². The Morgan fingerprint density at radius 2 is 1.47 bits per heavy atom. The monoisotopic (exact) mass is 1080 g/mol. The van der Waals surface area contributed by atoms with Crippen LogP contribution >= 0.6 is 0 Å². The largest absolute Gasteiger partial charge is 0.462 e. The van der Waals surface area contributed by atoms with Crippen LogP contribution in [0.1, 0.15) is 133 Å². The number of hydrogen-bond acceptors (Lipinski definition) is 13. The van der Waals surface area contributed by atoms with Crippen LogP contribution in [0, 0.1) is 35.0 Å². The van der Waals surface area contributed by atoms with Gasteiger partial charge < -0.3 is 42.9 Å². The molecule has 1 amide bonds. The van der Waals surface area contributed by atoms with Crippen LogP contribution < -0.4 is 10.4 Å². The quantitative estimate of drug-likeness (QED) is 0.0930. The fraction of sp³-hybridized carbons (Fsp3) is 0.629. The highest BCUT2D eigenvalue weighted by molar-refractivity contribution is 6.80. The minimum absolute atomic E-state index is 0.0372. The van der Waals surface area contributed by atoms with E-state index in [1.807, 2.05) is 70.2 Å². The van der Waals surface area contributed by atoms with Gasteiger partial charge in [-0.2, -0.15) is 0 Å². The molecular weight excluding hydrogens is 995 g/mol. The van der Waals surface area contributed by atoms with Gasteiger partial charge in [0.25, 0.3) is 20.7 Å². The number of benzene rings is 2. The highest BCUT2D eigenvalue weighted by atomic mass is 28.3. The summed E-state index contributed by atoms with van der Waals surface area (Å²) in [6, 6.07) is 19.1. The van der Waals surface area contributed by atoms with E-state index in [2.05, 4.69) is 57.7 Å². The standard InChI is InChI=1S/C62H88NO13Si/c1-14-23-45-33-39(2)32-40(3)34-52(70-11)56-53(71-12)35-42(5)62(69,75-56)57(66)58(67)63-31-22-21-28-49(63)59(68)74-55(43(6)51(36-50(45)65)73-44(7)64)41(4)37-61(30-29-48(60(8,9)10)54(38-61)72-13)76-77(46-24-17-15-18-25-46)47-26-19-16-20-27-47/h14-20,24-27,33,37,40,42-43,45,48-49,51-56,69H,1,21-23,28-32,34-36,38H2,2-13H3. The van der Waals surface area contributed by atoms with Crippen LogP contribution in [-0.4, -0.2) is 130 Å². The number of ketones is 2. The lowest BCUT2D eigenvalue weighted by atomic mass is 9.66. The average molecular weight is 1080 g/mol. The lowest BCUT2D eigenvalue weighted by Crippen LogP contribution is -2.64. The van der Waals surface area contributed by atoms with Crippen molar-refractivity contribution in [2.75, 3.05) is 27.9 Å². The summed E-state index contributed by atoms with van der Waals surface area (Å²) in [5.74, 6) is -8.57. The van der Waals surface area contributed by atoms with Crippen molar-refractivity contribution in [2.24, 2.45) is 35.0 Å². The molecule has 3 fully saturated rings. The highest BCUT2D eigenvalue weighted by Gasteiger charge is 2.57. The Hall–Kier alpha value is -4.61. The minimum Gasteiger partial charge on any atom is -0.462 e. The fourth-order valence-corrected chi connectivity index (χ4v) is 14.8. The van der Waals surface area contributed by atoms with Crippen LogP contribution in [0.25, 0.3) is 0 Å². The van der Waals surface area contributed by atoms with E-state index in [-0.39, 0.29) is 54.9 Å². The summed E-state index contributed by atoms with van der Waals surface area (Å²) >= 11 is 0. The molecule has 77 heavy (non-hydrogen) atoms. The van der Waals surface area contributed by atoms with Gasteiger partial charge in [-0.05, 0) is 105 Å². The van der Waals surface area contributed by atoms with Crippen molar-refractivity contribution < 1.29 is 61.9 Å². The number of Topliss-reactive ketones (excluding diaryl/α,β-unsaturated/α-hetero) is 2. The van der Waals surface area contributed by atoms with Crippen molar-refractivity contribution in [3.63, 3.8) is 0 Å². The van der Waals surface area contributed by atoms with Gasteiger partial charge in [0, 0.05) is 65.4 Å². The van der Waals surface area contributed by atoms with Gasteiger partial charge in [0.05, 0.1) is 23.9 Å². The molecule has 1 radical (unpaired) electrons. The highest BCUT2D eigenvalue weighted by Crippen LogP contribution is 2.46. The lowest BCUT2D eigenvalue weighted by molar-refractivity contribution is -0.302. The zero-order valence-corrected chi connectivity index (χ0v) is 48.9. The van der Waals surface area contributed by atoms with Crippen molar-refractivity contribution in [3.05, 3.63) is 96.6 Å². The van der Waals surface area contributed by atoms with Crippen LogP contribution in [0.2, 0.25) is 0 Å². The van der Waals surface area contributed by atoms with Crippen molar-refractivity contribution in [3.8, 4) is 0 Å². The van der Waals surface area contributed by atoms with Crippen LogP contribution in [0.15, 0.2) is 96.6 Å². The Labute approximate surface area is 460 Å². The Morgan fingerprint density at radius 1 is 0.857 bits per heavy atom. The molecule has 1 N–H and O–H groups in total. The summed E-state index contributed by atoms with van der Waals surface area (Å²) in [5, 5.41) is 14.5. The van der Waals surface area contributed by atoms with E-state index < -0.39 is 98.4 Å². The predicted octanol–water partition coefficient (Wildman–Crippen LogP) is 8.46. The number of ether oxygens (including phenoxy) is 6. The Bertz CT molecular complexity index is 2360. The normalized spacial score (nSPS) is 33.8. The third kappa shape index (κ3) is 15.0. The van der Waals surface area contributed by atoms with Crippen LogP contribution in [0.3, 0.4) is 0 Å². The first kappa shape index (κ1) is 61.6. The maximum atomic E-state index is 15.2. The van der Waals surface area contributed by atoms with Crippen molar-refractivity contribution in [2.45, 2.75) is 187 Å². The first-order valence-corrected chi connectivity index (χ1v) is 29.3. The number of methoxy groups -OCH3 is 3. The van der Waals surface area contributed by atoms with Crippen LogP contribution in [0.4, 0.5) is 0 Å². The van der Waals surface area contributed by atoms with E-state index in [0.29, 0.717) is 50.5 Å². The van der Waals surface area contributed by atoms with Crippen molar-refractivity contribution >= 4 is 48.8 Å². The Balaban J connectivity index is 1.52. The zero-order valence-electron chi connectivity index (χ0n) is 47.9. The number of hydrogen-bond donors (Lipinski definition) is 1. The summed E-state index contributed by atoms with van der Waals surface area (Å²) < 4.78 is 45.2. The maximum Gasteiger partial charge on any atom is 0.329 e. The molecule has 3 aliphatic heterocycles. The molecular formula is C62H88NO13Si. The topological polar surface area (TPSA) is 173 Å². The SMILES string of the molecule is C=CCC1C=C(C)CC(C)CC(OC)C2OC(O)(C(=O)C(=O)N3CCCCC3C(=O)OC(C(C)=CC3(O[Si](c4ccccc4)c4ccccc4)CCC(C(C)(C)C)C(OC)C3)C(C)C(OC(C)=O)CC1=O)C(C)CC2OC. The molecule has 3 heterocycles.